The van der Waals surface area contributed by atoms with Gasteiger partial charge in [-0.15, -0.1) is 0 Å². The Morgan fingerprint density at radius 2 is 1.65 bits per heavy atom. The first-order valence-electron chi connectivity index (χ1n) is 6.21. The molecule has 0 unspecified atom stereocenters. The monoisotopic (exact) mass is 334 g/mol. The summed E-state index contributed by atoms with van der Waals surface area (Å²) in [5.41, 5.74) is 0.233. The number of benzene rings is 2. The molecular formula is C14H10N2O6S-2. The molecule has 0 radical (unpaired) electrons. The third-order valence-electron chi connectivity index (χ3n) is 2.90. The Bertz CT molecular complexity index is 888. The number of rotatable bonds is 4. The molecule has 0 saturated carbocycles. The van der Waals surface area contributed by atoms with Gasteiger partial charge < -0.3 is 14.8 Å². The molecule has 2 rings (SSSR count). The van der Waals surface area contributed by atoms with Crippen molar-refractivity contribution in [3.8, 4) is 5.75 Å². The van der Waals surface area contributed by atoms with E-state index in [1.807, 2.05) is 0 Å². The van der Waals surface area contributed by atoms with Crippen molar-refractivity contribution in [2.24, 2.45) is 10.2 Å². The molecule has 0 aliphatic rings. The Balaban J connectivity index is 2.32. The van der Waals surface area contributed by atoms with E-state index in [9.17, 15) is 22.9 Å². The summed E-state index contributed by atoms with van der Waals surface area (Å²) < 4.78 is 32.4. The lowest BCUT2D eigenvalue weighted by molar-refractivity contribution is -0.269. The maximum Gasteiger partial charge on any atom is 0.335 e. The van der Waals surface area contributed by atoms with Gasteiger partial charge in [0, 0.05) is 0 Å². The molecule has 0 saturated heterocycles. The van der Waals surface area contributed by atoms with Crippen molar-refractivity contribution in [2.45, 2.75) is 11.8 Å². The predicted octanol–water partition coefficient (Wildman–Crippen LogP) is 2.09. The van der Waals surface area contributed by atoms with Crippen LogP contribution in [-0.2, 0) is 10.1 Å². The molecule has 23 heavy (non-hydrogen) atoms. The van der Waals surface area contributed by atoms with E-state index in [-0.39, 0.29) is 16.9 Å². The largest absolute Gasteiger partial charge is 0.872 e. The van der Waals surface area contributed by atoms with E-state index < -0.39 is 32.3 Å². The second-order valence-electron chi connectivity index (χ2n) is 4.59. The minimum atomic E-state index is -4.53. The Kier molecular flexibility index (Phi) is 4.43. The third kappa shape index (κ3) is 3.90. The number of nitrogens with zero attached hydrogens (tertiary/aromatic N) is 2. The highest BCUT2D eigenvalue weighted by Gasteiger charge is 2.07. The van der Waals surface area contributed by atoms with Crippen molar-refractivity contribution in [1.29, 1.82) is 0 Å². The number of hydrogen-bond acceptors (Lipinski definition) is 7. The zero-order valence-corrected chi connectivity index (χ0v) is 12.6. The molecule has 0 heterocycles. The van der Waals surface area contributed by atoms with Gasteiger partial charge in [0.2, 0.25) is 0 Å². The molecule has 0 spiro atoms. The van der Waals surface area contributed by atoms with Gasteiger partial charge in [0.15, 0.2) is 0 Å². The van der Waals surface area contributed by atoms with E-state index in [1.165, 1.54) is 25.1 Å². The van der Waals surface area contributed by atoms with Crippen LogP contribution in [0.4, 0.5) is 11.4 Å². The number of aryl methyl sites for hydroxylation is 1. The maximum absolute atomic E-state index is 11.6. The normalized spacial score (nSPS) is 11.7. The lowest BCUT2D eigenvalue weighted by Crippen LogP contribution is -2.05. The van der Waals surface area contributed by atoms with Gasteiger partial charge in [-0.05, 0) is 43.3 Å². The number of azo groups is 1. The molecule has 0 amide bonds. The second-order valence-corrected chi connectivity index (χ2v) is 5.97. The molecule has 0 atom stereocenters. The molecule has 1 N–H and O–H groups in total. The van der Waals surface area contributed by atoms with E-state index in [0.29, 0.717) is 0 Å². The number of aromatic carboxylic acids is 1. The van der Waals surface area contributed by atoms with Crippen LogP contribution in [-0.4, -0.2) is 24.0 Å². The quantitative estimate of drug-likeness (QED) is 0.670. The Hall–Kier alpha value is -2.78. The van der Waals surface area contributed by atoms with E-state index in [2.05, 4.69) is 10.2 Å². The van der Waals surface area contributed by atoms with E-state index in [1.54, 1.807) is 0 Å². The van der Waals surface area contributed by atoms with Gasteiger partial charge in [-0.1, -0.05) is 11.3 Å². The molecule has 0 bridgehead atoms. The van der Waals surface area contributed by atoms with Gasteiger partial charge in [0.25, 0.3) is 0 Å². The molecule has 0 aromatic heterocycles. The molecule has 0 aliphatic carbocycles. The smallest absolute Gasteiger partial charge is 0.335 e. The van der Waals surface area contributed by atoms with Gasteiger partial charge in [0.05, 0.1) is 21.8 Å². The molecule has 0 fully saturated rings. The van der Waals surface area contributed by atoms with Crippen molar-refractivity contribution in [2.75, 3.05) is 0 Å². The van der Waals surface area contributed by atoms with Gasteiger partial charge in [-0.2, -0.15) is 10.2 Å². The predicted molar refractivity (Wildman–Crippen MR) is 76.2 cm³/mol. The molecule has 9 heteroatoms. The van der Waals surface area contributed by atoms with Crippen LogP contribution >= 0.6 is 0 Å². The minimum absolute atomic E-state index is 0.167. The summed E-state index contributed by atoms with van der Waals surface area (Å²) in [6.45, 7) is 1.46. The summed E-state index contributed by atoms with van der Waals surface area (Å²) in [6.07, 6.45) is 0. The van der Waals surface area contributed by atoms with Crippen molar-refractivity contribution in [1.82, 2.24) is 0 Å². The third-order valence-corrected chi connectivity index (χ3v) is 3.75. The van der Waals surface area contributed by atoms with E-state index in [4.69, 9.17) is 5.11 Å². The Morgan fingerprint density at radius 3 is 2.17 bits per heavy atom. The van der Waals surface area contributed by atoms with Crippen LogP contribution in [0.2, 0.25) is 0 Å². The fraction of sp³-hybridized carbons (Fsp3) is 0.0714. The first kappa shape index (κ1) is 16.6. The summed E-state index contributed by atoms with van der Waals surface area (Å²) in [5.74, 6) is -1.96. The molecule has 2 aromatic carbocycles. The first-order valence-corrected chi connectivity index (χ1v) is 7.62. The van der Waals surface area contributed by atoms with Crippen LogP contribution in [0, 0.1) is 6.92 Å². The number of carboxylic acids is 1. The molecule has 120 valence electrons. The highest BCUT2D eigenvalue weighted by Crippen LogP contribution is 2.27. The molecular weight excluding hydrogens is 324 g/mol. The zero-order chi connectivity index (χ0) is 17.2. The Labute approximate surface area is 131 Å². The topological polar surface area (TPSA) is 142 Å². The summed E-state index contributed by atoms with van der Waals surface area (Å²) in [6, 6.07) is 7.21. The summed E-state index contributed by atoms with van der Waals surface area (Å²) >= 11 is 0. The lowest BCUT2D eigenvalue weighted by atomic mass is 10.1. The van der Waals surface area contributed by atoms with Gasteiger partial charge in [-0.25, -0.2) is 13.2 Å². The molecule has 2 aromatic rings. The highest BCUT2D eigenvalue weighted by molar-refractivity contribution is 7.85. The van der Waals surface area contributed by atoms with Gasteiger partial charge >= 0.3 is 5.97 Å². The standard InChI is InChI=1S/C14H12N2O6S/c1-8-6-10(7-12(13(8)17)14(18)19)16-15-9-2-4-11(5-3-9)23(20,21)22/h2-7,17H,1H3,(H,18,19)(H,20,21,22)/p-2. The van der Waals surface area contributed by atoms with Crippen LogP contribution in [0.25, 0.3) is 0 Å². The summed E-state index contributed by atoms with van der Waals surface area (Å²) in [4.78, 5) is 10.6. The summed E-state index contributed by atoms with van der Waals surface area (Å²) in [7, 11) is -4.53. The first-order chi connectivity index (χ1) is 10.7. The summed E-state index contributed by atoms with van der Waals surface area (Å²) in [5, 5.41) is 28.2. The van der Waals surface area contributed by atoms with Crippen LogP contribution in [0.5, 0.6) is 5.75 Å². The van der Waals surface area contributed by atoms with Crippen LogP contribution in [0.1, 0.15) is 15.9 Å². The van der Waals surface area contributed by atoms with Crippen LogP contribution < -0.4 is 5.11 Å². The fourth-order valence-electron chi connectivity index (χ4n) is 1.77. The zero-order valence-electron chi connectivity index (χ0n) is 11.8. The van der Waals surface area contributed by atoms with Crippen molar-refractivity contribution in [3.05, 3.63) is 47.5 Å². The molecule has 0 aliphatic heterocycles. The maximum atomic E-state index is 11.6. The van der Waals surface area contributed by atoms with Crippen LogP contribution in [0.3, 0.4) is 0 Å². The second kappa shape index (κ2) is 6.15. The van der Waals surface area contributed by atoms with Crippen LogP contribution in [0.15, 0.2) is 51.5 Å². The van der Waals surface area contributed by atoms with E-state index in [0.717, 1.165) is 18.2 Å². The Morgan fingerprint density at radius 1 is 1.09 bits per heavy atom. The van der Waals surface area contributed by atoms with Gasteiger partial charge in [-0.3, -0.25) is 0 Å². The average molecular weight is 334 g/mol. The van der Waals surface area contributed by atoms with Crippen molar-refractivity contribution in [3.63, 3.8) is 0 Å². The van der Waals surface area contributed by atoms with Crippen molar-refractivity contribution < 1.29 is 28.0 Å². The fourth-order valence-corrected chi connectivity index (χ4v) is 2.24. The highest BCUT2D eigenvalue weighted by atomic mass is 32.2. The SMILES string of the molecule is Cc1cc(N=Nc2ccc(S(=O)(=O)[O-])cc2)cc(C(=O)O)c1[O-]. The van der Waals surface area contributed by atoms with Crippen molar-refractivity contribution >= 4 is 27.5 Å². The number of carbonyl (C=O) groups is 1. The average Bonchev–Trinajstić information content (AvgIpc) is 2.47. The van der Waals surface area contributed by atoms with E-state index >= 15 is 0 Å². The number of carboxylic acid groups (broad SMARTS) is 1. The lowest BCUT2D eigenvalue weighted by Gasteiger charge is -2.14. The number of hydrogen-bond donors (Lipinski definition) is 1. The van der Waals surface area contributed by atoms with Gasteiger partial charge in [0.1, 0.15) is 10.1 Å². The molecule has 8 nitrogen and oxygen atoms in total. The minimum Gasteiger partial charge on any atom is -0.872 e.